The highest BCUT2D eigenvalue weighted by atomic mass is 32.2. The fourth-order valence-corrected chi connectivity index (χ4v) is 3.87. The third-order valence-electron chi connectivity index (χ3n) is 3.69. The molecule has 0 radical (unpaired) electrons. The SMILES string of the molecule is COCCN(C)S(=O)(=O)N1CCCc2cc(C(=O)O)ccc21. The van der Waals surface area contributed by atoms with Gasteiger partial charge in [-0.15, -0.1) is 0 Å². The minimum Gasteiger partial charge on any atom is -0.478 e. The lowest BCUT2D eigenvalue weighted by atomic mass is 10.0. The predicted octanol–water partition coefficient (Wildman–Crippen LogP) is 0.960. The Morgan fingerprint density at radius 3 is 2.82 bits per heavy atom. The molecule has 22 heavy (non-hydrogen) atoms. The van der Waals surface area contributed by atoms with Crippen LogP contribution in [0.1, 0.15) is 22.3 Å². The summed E-state index contributed by atoms with van der Waals surface area (Å²) < 4.78 is 32.8. The first kappa shape index (κ1) is 16.7. The van der Waals surface area contributed by atoms with Gasteiger partial charge in [0.15, 0.2) is 0 Å². The zero-order valence-corrected chi connectivity index (χ0v) is 13.5. The van der Waals surface area contributed by atoms with Gasteiger partial charge in [-0.25, -0.2) is 4.79 Å². The summed E-state index contributed by atoms with van der Waals surface area (Å²) in [6.07, 6.45) is 1.33. The molecule has 7 nitrogen and oxygen atoms in total. The molecule has 8 heteroatoms. The van der Waals surface area contributed by atoms with E-state index < -0.39 is 16.2 Å². The molecule has 0 saturated carbocycles. The van der Waals surface area contributed by atoms with Crippen LogP contribution in [0.25, 0.3) is 0 Å². The van der Waals surface area contributed by atoms with Crippen LogP contribution in [-0.2, 0) is 21.4 Å². The number of carboxylic acids is 1. The Morgan fingerprint density at radius 2 is 2.18 bits per heavy atom. The first-order valence-corrected chi connectivity index (χ1v) is 8.36. The van der Waals surface area contributed by atoms with Crippen molar-refractivity contribution in [3.05, 3.63) is 29.3 Å². The van der Waals surface area contributed by atoms with E-state index in [1.165, 1.54) is 28.8 Å². The molecule has 0 atom stereocenters. The molecule has 1 aromatic rings. The van der Waals surface area contributed by atoms with Crippen LogP contribution in [0.5, 0.6) is 0 Å². The average Bonchev–Trinajstić information content (AvgIpc) is 2.51. The summed E-state index contributed by atoms with van der Waals surface area (Å²) in [5.74, 6) is -1.01. The van der Waals surface area contributed by atoms with Crippen LogP contribution >= 0.6 is 0 Å². The minimum absolute atomic E-state index is 0.172. The minimum atomic E-state index is -3.64. The third kappa shape index (κ3) is 3.23. The summed E-state index contributed by atoms with van der Waals surface area (Å²) in [6, 6.07) is 4.55. The third-order valence-corrected chi connectivity index (χ3v) is 5.59. The largest absolute Gasteiger partial charge is 0.478 e. The Morgan fingerprint density at radius 1 is 1.45 bits per heavy atom. The van der Waals surface area contributed by atoms with Crippen molar-refractivity contribution in [2.75, 3.05) is 38.2 Å². The van der Waals surface area contributed by atoms with Gasteiger partial charge in [0, 0.05) is 27.2 Å². The number of fused-ring (bicyclic) bond motifs is 1. The second-order valence-corrected chi connectivity index (χ2v) is 7.11. The van der Waals surface area contributed by atoms with Crippen LogP contribution in [0.4, 0.5) is 5.69 Å². The van der Waals surface area contributed by atoms with Gasteiger partial charge in [0.2, 0.25) is 0 Å². The van der Waals surface area contributed by atoms with E-state index in [4.69, 9.17) is 9.84 Å². The molecular formula is C14H20N2O5S. The van der Waals surface area contributed by atoms with Crippen LogP contribution in [0.15, 0.2) is 18.2 Å². The lowest BCUT2D eigenvalue weighted by Gasteiger charge is -2.33. The molecule has 0 aliphatic carbocycles. The maximum Gasteiger partial charge on any atom is 0.335 e. The number of hydrogen-bond donors (Lipinski definition) is 1. The van der Waals surface area contributed by atoms with Crippen molar-refractivity contribution in [2.24, 2.45) is 0 Å². The Labute approximate surface area is 130 Å². The highest BCUT2D eigenvalue weighted by Gasteiger charge is 2.31. The smallest absolute Gasteiger partial charge is 0.335 e. The molecule has 1 aliphatic heterocycles. The molecule has 0 fully saturated rings. The highest BCUT2D eigenvalue weighted by molar-refractivity contribution is 7.90. The predicted molar refractivity (Wildman–Crippen MR) is 82.5 cm³/mol. The Kier molecular flexibility index (Phi) is 5.05. The summed E-state index contributed by atoms with van der Waals surface area (Å²) in [4.78, 5) is 11.0. The number of benzene rings is 1. The molecule has 0 amide bonds. The summed E-state index contributed by atoms with van der Waals surface area (Å²) in [6.45, 7) is 0.964. The number of methoxy groups -OCH3 is 1. The quantitative estimate of drug-likeness (QED) is 0.840. The number of aromatic carboxylic acids is 1. The fourth-order valence-electron chi connectivity index (χ4n) is 2.44. The van der Waals surface area contributed by atoms with Crippen molar-refractivity contribution in [1.29, 1.82) is 0 Å². The molecule has 1 aliphatic rings. The molecule has 2 rings (SSSR count). The summed E-state index contributed by atoms with van der Waals surface area (Å²) in [7, 11) is -0.615. The van der Waals surface area contributed by atoms with Crippen molar-refractivity contribution in [1.82, 2.24) is 4.31 Å². The first-order chi connectivity index (χ1) is 10.4. The van der Waals surface area contributed by atoms with Crippen molar-refractivity contribution in [3.8, 4) is 0 Å². The molecule has 1 N–H and O–H groups in total. The number of carbonyl (C=O) groups is 1. The van der Waals surface area contributed by atoms with Gasteiger partial charge in [-0.1, -0.05) is 0 Å². The Balaban J connectivity index is 2.34. The van der Waals surface area contributed by atoms with E-state index in [0.29, 0.717) is 31.7 Å². The number of hydrogen-bond acceptors (Lipinski definition) is 4. The number of carboxylic acid groups (broad SMARTS) is 1. The number of ether oxygens (including phenoxy) is 1. The summed E-state index contributed by atoms with van der Waals surface area (Å²) >= 11 is 0. The molecule has 0 bridgehead atoms. The van der Waals surface area contributed by atoms with Gasteiger partial charge in [0.25, 0.3) is 0 Å². The van der Waals surface area contributed by atoms with Crippen LogP contribution in [0.3, 0.4) is 0 Å². The summed E-state index contributed by atoms with van der Waals surface area (Å²) in [5.41, 5.74) is 1.47. The second kappa shape index (κ2) is 6.64. The van der Waals surface area contributed by atoms with E-state index in [9.17, 15) is 13.2 Å². The van der Waals surface area contributed by atoms with Crippen molar-refractivity contribution in [3.63, 3.8) is 0 Å². The Hall–Kier alpha value is -1.64. The van der Waals surface area contributed by atoms with E-state index in [2.05, 4.69) is 0 Å². The lowest BCUT2D eigenvalue weighted by Crippen LogP contribution is -2.45. The van der Waals surface area contributed by atoms with Gasteiger partial charge >= 0.3 is 16.2 Å². The highest BCUT2D eigenvalue weighted by Crippen LogP contribution is 2.31. The molecule has 0 unspecified atom stereocenters. The molecular weight excluding hydrogens is 308 g/mol. The molecule has 0 aromatic heterocycles. The van der Waals surface area contributed by atoms with Crippen molar-refractivity contribution >= 4 is 21.9 Å². The van der Waals surface area contributed by atoms with E-state index >= 15 is 0 Å². The number of rotatable bonds is 6. The molecule has 0 spiro atoms. The van der Waals surface area contributed by atoms with Gasteiger partial charge in [-0.2, -0.15) is 12.7 Å². The van der Waals surface area contributed by atoms with Crippen LogP contribution in [0.2, 0.25) is 0 Å². The maximum absolute atomic E-state index is 12.7. The van der Waals surface area contributed by atoms with E-state index in [-0.39, 0.29) is 12.1 Å². The van der Waals surface area contributed by atoms with Crippen LogP contribution in [-0.4, -0.2) is 57.7 Å². The Bertz CT molecular complexity index is 659. The van der Waals surface area contributed by atoms with Crippen LogP contribution in [0, 0.1) is 0 Å². The molecule has 1 aromatic carbocycles. The molecule has 1 heterocycles. The number of nitrogens with zero attached hydrogens (tertiary/aromatic N) is 2. The normalized spacial score (nSPS) is 15.0. The number of aryl methyl sites for hydroxylation is 1. The molecule has 0 saturated heterocycles. The van der Waals surface area contributed by atoms with E-state index in [0.717, 1.165) is 5.56 Å². The second-order valence-electron chi connectivity index (χ2n) is 5.15. The van der Waals surface area contributed by atoms with E-state index in [1.54, 1.807) is 12.1 Å². The van der Waals surface area contributed by atoms with Crippen LogP contribution < -0.4 is 4.31 Å². The van der Waals surface area contributed by atoms with Crippen molar-refractivity contribution in [2.45, 2.75) is 12.8 Å². The average molecular weight is 328 g/mol. The van der Waals surface area contributed by atoms with Gasteiger partial charge in [-0.05, 0) is 36.6 Å². The first-order valence-electron chi connectivity index (χ1n) is 6.97. The van der Waals surface area contributed by atoms with Gasteiger partial charge in [0.1, 0.15) is 0 Å². The fraction of sp³-hybridized carbons (Fsp3) is 0.500. The zero-order valence-electron chi connectivity index (χ0n) is 12.7. The molecule has 122 valence electrons. The maximum atomic E-state index is 12.7. The number of likely N-dealkylation sites (N-methyl/N-ethyl adjacent to an activating group) is 1. The van der Waals surface area contributed by atoms with Gasteiger partial charge in [-0.3, -0.25) is 4.31 Å². The number of anilines is 1. The topological polar surface area (TPSA) is 87.2 Å². The van der Waals surface area contributed by atoms with Gasteiger partial charge < -0.3 is 9.84 Å². The van der Waals surface area contributed by atoms with Crippen molar-refractivity contribution < 1.29 is 23.1 Å². The van der Waals surface area contributed by atoms with E-state index in [1.807, 2.05) is 0 Å². The van der Waals surface area contributed by atoms with Gasteiger partial charge in [0.05, 0.1) is 17.9 Å². The lowest BCUT2D eigenvalue weighted by molar-refractivity contribution is 0.0696. The zero-order chi connectivity index (χ0) is 16.3. The summed E-state index contributed by atoms with van der Waals surface area (Å²) in [5, 5.41) is 9.04. The monoisotopic (exact) mass is 328 g/mol. The standard InChI is InChI=1S/C14H20N2O5S/c1-15(8-9-21-2)22(19,20)16-7-3-4-11-10-12(14(17)18)5-6-13(11)16/h5-6,10H,3-4,7-9H2,1-2H3,(H,17,18).